The maximum Gasteiger partial charge on any atom is 0.131 e. The van der Waals surface area contributed by atoms with Gasteiger partial charge in [0.05, 0.1) is 0 Å². The van der Waals surface area contributed by atoms with Gasteiger partial charge in [-0.05, 0) is 49.4 Å². The van der Waals surface area contributed by atoms with Crippen molar-refractivity contribution in [3.05, 3.63) is 23.4 Å². The second-order valence-corrected chi connectivity index (χ2v) is 5.65. The molecule has 0 amide bonds. The van der Waals surface area contributed by atoms with E-state index in [4.69, 9.17) is 4.74 Å². The highest BCUT2D eigenvalue weighted by atomic mass is 16.5. The van der Waals surface area contributed by atoms with E-state index in [0.717, 1.165) is 38.6 Å². The van der Waals surface area contributed by atoms with Crippen LogP contribution in [0.3, 0.4) is 0 Å². The number of rotatable bonds is 6. The van der Waals surface area contributed by atoms with Gasteiger partial charge in [0.1, 0.15) is 5.82 Å². The van der Waals surface area contributed by atoms with Crippen molar-refractivity contribution >= 4 is 5.82 Å². The minimum Gasteiger partial charge on any atom is -0.384 e. The Morgan fingerprint density at radius 2 is 2.15 bits per heavy atom. The number of anilines is 1. The molecular weight excluding hydrogens is 250 g/mol. The van der Waals surface area contributed by atoms with Crippen LogP contribution >= 0.6 is 0 Å². The molecule has 1 N–H and O–H groups in total. The Balaban J connectivity index is 1.96. The van der Waals surface area contributed by atoms with E-state index < -0.39 is 0 Å². The third kappa shape index (κ3) is 3.93. The molecule has 1 aliphatic heterocycles. The number of ether oxygens (including phenoxy) is 1. The molecule has 1 aromatic rings. The lowest BCUT2D eigenvalue weighted by Crippen LogP contribution is -2.36. The van der Waals surface area contributed by atoms with E-state index in [1.807, 2.05) is 6.20 Å². The summed E-state index contributed by atoms with van der Waals surface area (Å²) in [6.07, 6.45) is 4.41. The largest absolute Gasteiger partial charge is 0.384 e. The van der Waals surface area contributed by atoms with Crippen LogP contribution in [0.15, 0.2) is 12.3 Å². The summed E-state index contributed by atoms with van der Waals surface area (Å²) < 4.78 is 5.26. The van der Waals surface area contributed by atoms with Gasteiger partial charge in [-0.3, -0.25) is 0 Å². The number of pyridine rings is 1. The van der Waals surface area contributed by atoms with Gasteiger partial charge in [0.15, 0.2) is 0 Å². The van der Waals surface area contributed by atoms with Gasteiger partial charge in [0, 0.05) is 39.5 Å². The number of hydrogen-bond acceptors (Lipinski definition) is 4. The van der Waals surface area contributed by atoms with Gasteiger partial charge in [-0.1, -0.05) is 6.92 Å². The van der Waals surface area contributed by atoms with Crippen LogP contribution in [0, 0.1) is 12.8 Å². The van der Waals surface area contributed by atoms with Gasteiger partial charge in [-0.25, -0.2) is 4.98 Å². The molecule has 0 saturated carbocycles. The number of aromatic nitrogens is 1. The summed E-state index contributed by atoms with van der Waals surface area (Å²) in [5, 5.41) is 3.34. The van der Waals surface area contributed by atoms with Gasteiger partial charge in [0.25, 0.3) is 0 Å². The van der Waals surface area contributed by atoms with E-state index in [0.29, 0.717) is 5.92 Å². The maximum absolute atomic E-state index is 5.26. The highest BCUT2D eigenvalue weighted by molar-refractivity contribution is 5.47. The highest BCUT2D eigenvalue weighted by Crippen LogP contribution is 2.24. The SMILES string of the molecule is CCNCc1cnc(N2CCC(COC)CC2)c(C)c1. The van der Waals surface area contributed by atoms with Gasteiger partial charge in [-0.2, -0.15) is 0 Å². The number of nitrogens with zero attached hydrogens (tertiary/aromatic N) is 2. The fourth-order valence-corrected chi connectivity index (χ4v) is 2.87. The Labute approximate surface area is 122 Å². The Kier molecular flexibility index (Phi) is 5.80. The van der Waals surface area contributed by atoms with E-state index in [1.165, 1.54) is 24.0 Å². The number of hydrogen-bond donors (Lipinski definition) is 1. The van der Waals surface area contributed by atoms with E-state index in [1.54, 1.807) is 7.11 Å². The van der Waals surface area contributed by atoms with Crippen LogP contribution < -0.4 is 10.2 Å². The fourth-order valence-electron chi connectivity index (χ4n) is 2.87. The molecule has 20 heavy (non-hydrogen) atoms. The molecule has 2 rings (SSSR count). The molecular formula is C16H27N3O. The summed E-state index contributed by atoms with van der Waals surface area (Å²) in [6, 6.07) is 2.26. The van der Waals surface area contributed by atoms with Crippen molar-refractivity contribution in [1.82, 2.24) is 10.3 Å². The van der Waals surface area contributed by atoms with Gasteiger partial charge in [-0.15, -0.1) is 0 Å². The summed E-state index contributed by atoms with van der Waals surface area (Å²) in [6.45, 7) is 9.26. The summed E-state index contributed by atoms with van der Waals surface area (Å²) in [4.78, 5) is 7.10. The van der Waals surface area contributed by atoms with Crippen molar-refractivity contribution in [2.24, 2.45) is 5.92 Å². The standard InChI is InChI=1S/C16H27N3O/c1-4-17-10-15-9-13(2)16(18-11-15)19-7-5-14(6-8-19)12-20-3/h9,11,14,17H,4-8,10,12H2,1-3H3. The van der Waals surface area contributed by atoms with Crippen molar-refractivity contribution in [2.75, 3.05) is 38.3 Å². The molecule has 1 aliphatic rings. The maximum atomic E-state index is 5.26. The Hall–Kier alpha value is -1.13. The zero-order valence-electron chi connectivity index (χ0n) is 13.0. The van der Waals surface area contributed by atoms with E-state index in [9.17, 15) is 0 Å². The fraction of sp³-hybridized carbons (Fsp3) is 0.688. The van der Waals surface area contributed by atoms with E-state index in [-0.39, 0.29) is 0 Å². The minimum atomic E-state index is 0.713. The normalized spacial score (nSPS) is 16.6. The zero-order valence-corrected chi connectivity index (χ0v) is 13.0. The average molecular weight is 277 g/mol. The molecule has 0 bridgehead atoms. The van der Waals surface area contributed by atoms with Crippen LogP contribution in [-0.2, 0) is 11.3 Å². The number of piperidine rings is 1. The number of nitrogens with one attached hydrogen (secondary N) is 1. The van der Waals surface area contributed by atoms with E-state index >= 15 is 0 Å². The molecule has 4 nitrogen and oxygen atoms in total. The van der Waals surface area contributed by atoms with Gasteiger partial charge >= 0.3 is 0 Å². The smallest absolute Gasteiger partial charge is 0.131 e. The van der Waals surface area contributed by atoms with Crippen molar-refractivity contribution in [3.8, 4) is 0 Å². The van der Waals surface area contributed by atoms with Gasteiger partial charge in [0.2, 0.25) is 0 Å². The quantitative estimate of drug-likeness (QED) is 0.866. The lowest BCUT2D eigenvalue weighted by molar-refractivity contribution is 0.139. The van der Waals surface area contributed by atoms with Crippen molar-refractivity contribution in [1.29, 1.82) is 0 Å². The molecule has 1 saturated heterocycles. The third-order valence-corrected chi connectivity index (χ3v) is 4.00. The van der Waals surface area contributed by atoms with Crippen LogP contribution in [0.2, 0.25) is 0 Å². The minimum absolute atomic E-state index is 0.713. The van der Waals surface area contributed by atoms with Crippen LogP contribution in [0.25, 0.3) is 0 Å². The predicted molar refractivity (Wildman–Crippen MR) is 83.2 cm³/mol. The molecule has 0 unspecified atom stereocenters. The highest BCUT2D eigenvalue weighted by Gasteiger charge is 2.21. The molecule has 0 aromatic carbocycles. The first kappa shape index (κ1) is 15.3. The third-order valence-electron chi connectivity index (χ3n) is 4.00. The first-order valence-corrected chi connectivity index (χ1v) is 7.64. The van der Waals surface area contributed by atoms with Crippen LogP contribution in [0.4, 0.5) is 5.82 Å². The summed E-state index contributed by atoms with van der Waals surface area (Å²) >= 11 is 0. The Bertz CT molecular complexity index is 414. The average Bonchev–Trinajstić information content (AvgIpc) is 2.47. The Morgan fingerprint density at radius 1 is 1.40 bits per heavy atom. The molecule has 2 heterocycles. The lowest BCUT2D eigenvalue weighted by Gasteiger charge is -2.33. The Morgan fingerprint density at radius 3 is 2.75 bits per heavy atom. The predicted octanol–water partition coefficient (Wildman–Crippen LogP) is 2.36. The van der Waals surface area contributed by atoms with Crippen LogP contribution in [-0.4, -0.2) is 38.3 Å². The molecule has 0 radical (unpaired) electrons. The second kappa shape index (κ2) is 7.60. The molecule has 112 valence electrons. The zero-order chi connectivity index (χ0) is 14.4. The van der Waals surface area contributed by atoms with Crippen molar-refractivity contribution in [2.45, 2.75) is 33.2 Å². The second-order valence-electron chi connectivity index (χ2n) is 5.65. The topological polar surface area (TPSA) is 37.4 Å². The first-order valence-electron chi connectivity index (χ1n) is 7.64. The van der Waals surface area contributed by atoms with Crippen molar-refractivity contribution in [3.63, 3.8) is 0 Å². The molecule has 4 heteroatoms. The monoisotopic (exact) mass is 277 g/mol. The first-order chi connectivity index (χ1) is 9.74. The number of methoxy groups -OCH3 is 1. The molecule has 1 fully saturated rings. The summed E-state index contributed by atoms with van der Waals surface area (Å²) in [7, 11) is 1.79. The lowest BCUT2D eigenvalue weighted by atomic mass is 9.97. The number of aryl methyl sites for hydroxylation is 1. The summed E-state index contributed by atoms with van der Waals surface area (Å²) in [5.74, 6) is 1.87. The molecule has 0 spiro atoms. The van der Waals surface area contributed by atoms with Gasteiger partial charge < -0.3 is 15.0 Å². The molecule has 0 atom stereocenters. The van der Waals surface area contributed by atoms with E-state index in [2.05, 4.69) is 35.1 Å². The van der Waals surface area contributed by atoms with Crippen LogP contribution in [0.5, 0.6) is 0 Å². The summed E-state index contributed by atoms with van der Waals surface area (Å²) in [5.41, 5.74) is 2.55. The molecule has 0 aliphatic carbocycles. The van der Waals surface area contributed by atoms with Crippen molar-refractivity contribution < 1.29 is 4.74 Å². The van der Waals surface area contributed by atoms with Crippen LogP contribution in [0.1, 0.15) is 30.9 Å². The molecule has 1 aromatic heterocycles.